The first-order valence-electron chi connectivity index (χ1n) is 10.3. The van der Waals surface area contributed by atoms with Crippen LogP contribution in [-0.2, 0) is 13.0 Å². The summed E-state index contributed by atoms with van der Waals surface area (Å²) in [5.74, 6) is 1.72. The Labute approximate surface area is 171 Å². The molecule has 0 saturated carbocycles. The fraction of sp³-hybridized carbons (Fsp3) is 0.304. The summed E-state index contributed by atoms with van der Waals surface area (Å²) in [5, 5.41) is 0. The SMILES string of the molecule is Nc1c(N2CCN(c3ccccc3)CC2)ncnc1N1CCc2ccccc2C1. The molecule has 0 bridgehead atoms. The first-order chi connectivity index (χ1) is 14.3. The average Bonchev–Trinajstić information content (AvgIpc) is 2.80. The number of para-hydroxylation sites is 1. The quantitative estimate of drug-likeness (QED) is 0.747. The van der Waals surface area contributed by atoms with Crippen LogP contribution in [0.15, 0.2) is 60.9 Å². The summed E-state index contributed by atoms with van der Waals surface area (Å²) in [5.41, 5.74) is 11.3. The van der Waals surface area contributed by atoms with Crippen molar-refractivity contribution < 1.29 is 0 Å². The van der Waals surface area contributed by atoms with E-state index in [9.17, 15) is 0 Å². The number of benzene rings is 2. The van der Waals surface area contributed by atoms with Gasteiger partial charge in [-0.05, 0) is 29.7 Å². The van der Waals surface area contributed by atoms with Gasteiger partial charge in [0.15, 0.2) is 11.6 Å². The highest BCUT2D eigenvalue weighted by Crippen LogP contribution is 2.32. The van der Waals surface area contributed by atoms with Crippen LogP contribution < -0.4 is 20.4 Å². The largest absolute Gasteiger partial charge is 0.393 e. The molecule has 2 aromatic carbocycles. The van der Waals surface area contributed by atoms with Gasteiger partial charge in [0.1, 0.15) is 12.0 Å². The van der Waals surface area contributed by atoms with Gasteiger partial charge in [-0.25, -0.2) is 9.97 Å². The fourth-order valence-corrected chi connectivity index (χ4v) is 4.37. The van der Waals surface area contributed by atoms with Crippen LogP contribution in [-0.4, -0.2) is 42.7 Å². The number of anilines is 4. The van der Waals surface area contributed by atoms with Crippen molar-refractivity contribution in [2.24, 2.45) is 0 Å². The van der Waals surface area contributed by atoms with E-state index in [1.54, 1.807) is 6.33 Å². The smallest absolute Gasteiger partial charge is 0.157 e. The summed E-state index contributed by atoms with van der Waals surface area (Å²) in [6, 6.07) is 19.2. The van der Waals surface area contributed by atoms with Crippen molar-refractivity contribution in [2.45, 2.75) is 13.0 Å². The lowest BCUT2D eigenvalue weighted by Gasteiger charge is -2.38. The van der Waals surface area contributed by atoms with E-state index < -0.39 is 0 Å². The molecule has 3 heterocycles. The topological polar surface area (TPSA) is 61.5 Å². The molecule has 148 valence electrons. The van der Waals surface area contributed by atoms with Crippen molar-refractivity contribution in [3.8, 4) is 0 Å². The van der Waals surface area contributed by atoms with Crippen LogP contribution in [0.3, 0.4) is 0 Å². The van der Waals surface area contributed by atoms with Crippen molar-refractivity contribution in [1.82, 2.24) is 9.97 Å². The van der Waals surface area contributed by atoms with E-state index in [1.807, 2.05) is 0 Å². The number of nitrogens with zero attached hydrogens (tertiary/aromatic N) is 5. The minimum atomic E-state index is 0.694. The predicted octanol–water partition coefficient (Wildman–Crippen LogP) is 2.95. The van der Waals surface area contributed by atoms with Gasteiger partial charge < -0.3 is 20.4 Å². The molecule has 1 saturated heterocycles. The van der Waals surface area contributed by atoms with Gasteiger partial charge in [-0.1, -0.05) is 42.5 Å². The van der Waals surface area contributed by atoms with Crippen LogP contribution in [0.2, 0.25) is 0 Å². The first-order valence-corrected chi connectivity index (χ1v) is 10.3. The molecule has 3 aromatic rings. The molecule has 2 N–H and O–H groups in total. The third-order valence-electron chi connectivity index (χ3n) is 5.97. The molecule has 2 aliphatic rings. The highest BCUT2D eigenvalue weighted by atomic mass is 15.3. The monoisotopic (exact) mass is 386 g/mol. The Morgan fingerprint density at radius 3 is 2.03 bits per heavy atom. The van der Waals surface area contributed by atoms with Crippen LogP contribution in [0.5, 0.6) is 0 Å². The minimum absolute atomic E-state index is 0.694. The summed E-state index contributed by atoms with van der Waals surface area (Å²) in [6.45, 7) is 5.49. The van der Waals surface area contributed by atoms with Crippen LogP contribution in [0.4, 0.5) is 23.0 Å². The van der Waals surface area contributed by atoms with E-state index >= 15 is 0 Å². The van der Waals surface area contributed by atoms with Gasteiger partial charge in [0.05, 0.1) is 0 Å². The maximum atomic E-state index is 6.59. The third kappa shape index (κ3) is 3.46. The first kappa shape index (κ1) is 17.8. The Bertz CT molecular complexity index is 982. The zero-order valence-electron chi connectivity index (χ0n) is 16.5. The van der Waals surface area contributed by atoms with Crippen molar-refractivity contribution in [2.75, 3.05) is 53.2 Å². The molecule has 5 rings (SSSR count). The maximum absolute atomic E-state index is 6.59. The molecule has 6 heteroatoms. The van der Waals surface area contributed by atoms with E-state index in [1.165, 1.54) is 16.8 Å². The Kier molecular flexibility index (Phi) is 4.68. The normalized spacial score (nSPS) is 16.6. The van der Waals surface area contributed by atoms with E-state index in [2.05, 4.69) is 79.3 Å². The van der Waals surface area contributed by atoms with Gasteiger partial charge >= 0.3 is 0 Å². The molecule has 0 aliphatic carbocycles. The summed E-state index contributed by atoms with van der Waals surface area (Å²) in [4.78, 5) is 16.1. The van der Waals surface area contributed by atoms with Gasteiger partial charge in [0.2, 0.25) is 0 Å². The van der Waals surface area contributed by atoms with Crippen molar-refractivity contribution in [1.29, 1.82) is 0 Å². The second-order valence-corrected chi connectivity index (χ2v) is 7.68. The van der Waals surface area contributed by atoms with E-state index in [4.69, 9.17) is 5.73 Å². The Balaban J connectivity index is 1.33. The van der Waals surface area contributed by atoms with Crippen LogP contribution in [0, 0.1) is 0 Å². The van der Waals surface area contributed by atoms with Crippen LogP contribution in [0.1, 0.15) is 11.1 Å². The van der Waals surface area contributed by atoms with Gasteiger partial charge in [0, 0.05) is 45.0 Å². The molecule has 29 heavy (non-hydrogen) atoms. The van der Waals surface area contributed by atoms with E-state index in [-0.39, 0.29) is 0 Å². The van der Waals surface area contributed by atoms with Gasteiger partial charge in [0.25, 0.3) is 0 Å². The summed E-state index contributed by atoms with van der Waals surface area (Å²) >= 11 is 0. The summed E-state index contributed by atoms with van der Waals surface area (Å²) in [6.07, 6.45) is 2.68. The highest BCUT2D eigenvalue weighted by Gasteiger charge is 2.24. The van der Waals surface area contributed by atoms with Crippen molar-refractivity contribution in [3.05, 3.63) is 72.1 Å². The summed E-state index contributed by atoms with van der Waals surface area (Å²) < 4.78 is 0. The number of nitrogen functional groups attached to an aromatic ring is 1. The lowest BCUT2D eigenvalue weighted by Crippen LogP contribution is -2.47. The second kappa shape index (κ2) is 7.62. The van der Waals surface area contributed by atoms with Crippen molar-refractivity contribution in [3.63, 3.8) is 0 Å². The molecule has 6 nitrogen and oxygen atoms in total. The van der Waals surface area contributed by atoms with Crippen LogP contribution >= 0.6 is 0 Å². The highest BCUT2D eigenvalue weighted by molar-refractivity contribution is 5.76. The molecule has 1 fully saturated rings. The Morgan fingerprint density at radius 2 is 1.28 bits per heavy atom. The Morgan fingerprint density at radius 1 is 0.655 bits per heavy atom. The van der Waals surface area contributed by atoms with Crippen LogP contribution in [0.25, 0.3) is 0 Å². The summed E-state index contributed by atoms with van der Waals surface area (Å²) in [7, 11) is 0. The van der Waals surface area contributed by atoms with E-state index in [0.29, 0.717) is 5.69 Å². The maximum Gasteiger partial charge on any atom is 0.157 e. The fourth-order valence-electron chi connectivity index (χ4n) is 4.37. The number of aromatic nitrogens is 2. The predicted molar refractivity (Wildman–Crippen MR) is 119 cm³/mol. The molecule has 1 aromatic heterocycles. The number of hydrogen-bond acceptors (Lipinski definition) is 6. The zero-order valence-corrected chi connectivity index (χ0v) is 16.5. The molecule has 0 atom stereocenters. The second-order valence-electron chi connectivity index (χ2n) is 7.68. The molecular weight excluding hydrogens is 360 g/mol. The molecule has 2 aliphatic heterocycles. The van der Waals surface area contributed by atoms with Gasteiger partial charge in [-0.2, -0.15) is 0 Å². The standard InChI is InChI=1S/C23H26N6/c24-21-22(28-14-12-27(13-15-28)20-8-2-1-3-9-20)25-17-26-23(21)29-11-10-18-6-4-5-7-19(18)16-29/h1-9,17H,10-16,24H2. The molecular formula is C23H26N6. The molecule has 0 radical (unpaired) electrons. The molecule has 0 unspecified atom stereocenters. The number of hydrogen-bond donors (Lipinski definition) is 1. The zero-order chi connectivity index (χ0) is 19.6. The lowest BCUT2D eigenvalue weighted by molar-refractivity contribution is 0.646. The molecule has 0 amide bonds. The minimum Gasteiger partial charge on any atom is -0.393 e. The molecule has 0 spiro atoms. The number of fused-ring (bicyclic) bond motifs is 1. The van der Waals surface area contributed by atoms with Gasteiger partial charge in [-0.3, -0.25) is 0 Å². The van der Waals surface area contributed by atoms with Gasteiger partial charge in [-0.15, -0.1) is 0 Å². The third-order valence-corrected chi connectivity index (χ3v) is 5.97. The number of nitrogens with two attached hydrogens (primary N) is 1. The van der Waals surface area contributed by atoms with E-state index in [0.717, 1.165) is 57.3 Å². The number of rotatable bonds is 3. The number of piperazine rings is 1. The average molecular weight is 387 g/mol. The van der Waals surface area contributed by atoms with Crippen molar-refractivity contribution >= 4 is 23.0 Å². The Hall–Kier alpha value is -3.28. The lowest BCUT2D eigenvalue weighted by atomic mass is 10.00.